The molecule has 0 radical (unpaired) electrons. The van der Waals surface area contributed by atoms with E-state index in [1.54, 1.807) is 0 Å². The van der Waals surface area contributed by atoms with Crippen LogP contribution in [0, 0.1) is 0 Å². The SMILES string of the molecule is CCCC/C=C/CCCCCCC(=O)OC(COCCC(C(=O)O)[N+](C)(C)C)COC(=O)CCCCCCCCCCCC/C=C/C=C/CCCCCC. The number of aliphatic carboxylic acids is 1. The van der Waals surface area contributed by atoms with E-state index in [9.17, 15) is 19.5 Å². The Bertz CT molecular complexity index is 984. The van der Waals surface area contributed by atoms with Gasteiger partial charge in [0.1, 0.15) is 6.61 Å². The van der Waals surface area contributed by atoms with Gasteiger partial charge in [-0.3, -0.25) is 9.59 Å². The van der Waals surface area contributed by atoms with Crippen molar-refractivity contribution in [2.75, 3.05) is 41.0 Å². The Hall–Kier alpha value is -2.45. The maximum absolute atomic E-state index is 12.6. The summed E-state index contributed by atoms with van der Waals surface area (Å²) >= 11 is 0. The smallest absolute Gasteiger partial charge is 0.362 e. The molecule has 0 aliphatic rings. The Kier molecular flexibility index (Phi) is 35.8. The zero-order valence-electron chi connectivity index (χ0n) is 35.7. The van der Waals surface area contributed by atoms with Crippen molar-refractivity contribution in [3.8, 4) is 0 Å². The molecule has 2 atom stereocenters. The standard InChI is InChI=1S/C46H83NO7/c1-6-8-10-12-14-16-18-19-20-21-22-23-24-25-26-27-29-30-32-34-36-44(48)53-41-42(40-52-39-38-43(46(50)51)47(3,4)5)54-45(49)37-35-33-31-28-17-15-13-11-9-7-2/h13,15-16,18-20,42-43H,6-12,14,17,21-41H2,1-5H3/p+1/b15-13+,18-16+,20-19+. The Morgan fingerprint density at radius 2 is 1.00 bits per heavy atom. The van der Waals surface area contributed by atoms with Crippen LogP contribution in [-0.4, -0.2) is 80.6 Å². The van der Waals surface area contributed by atoms with Crippen molar-refractivity contribution in [3.63, 3.8) is 0 Å². The molecule has 0 aromatic heterocycles. The molecular formula is C46H84NO7+. The van der Waals surface area contributed by atoms with E-state index in [0.717, 1.165) is 57.8 Å². The maximum atomic E-state index is 12.6. The van der Waals surface area contributed by atoms with Crippen molar-refractivity contribution >= 4 is 17.9 Å². The summed E-state index contributed by atoms with van der Waals surface area (Å²) in [5, 5.41) is 9.60. The third-order valence-electron chi connectivity index (χ3n) is 9.79. The number of quaternary nitrogens is 1. The number of ether oxygens (including phenoxy) is 3. The first-order valence-electron chi connectivity index (χ1n) is 22.0. The highest BCUT2D eigenvalue weighted by Gasteiger charge is 2.31. The molecule has 0 saturated heterocycles. The lowest BCUT2D eigenvalue weighted by atomic mass is 10.1. The number of likely N-dealkylation sites (N-methyl/N-ethyl adjacent to an activating group) is 1. The van der Waals surface area contributed by atoms with Gasteiger partial charge >= 0.3 is 17.9 Å². The predicted molar refractivity (Wildman–Crippen MR) is 225 cm³/mol. The fourth-order valence-corrected chi connectivity index (χ4v) is 6.30. The molecule has 0 heterocycles. The minimum atomic E-state index is -0.878. The number of carboxylic acids is 1. The Morgan fingerprint density at radius 3 is 1.50 bits per heavy atom. The van der Waals surface area contributed by atoms with Gasteiger partial charge in [-0.1, -0.05) is 147 Å². The number of rotatable bonds is 39. The summed E-state index contributed by atoms with van der Waals surface area (Å²) in [5.74, 6) is -1.49. The molecule has 0 rings (SSSR count). The first kappa shape index (κ1) is 51.5. The number of carbonyl (C=O) groups is 3. The molecule has 1 N–H and O–H groups in total. The van der Waals surface area contributed by atoms with Gasteiger partial charge in [0.25, 0.3) is 0 Å². The van der Waals surface area contributed by atoms with Crippen molar-refractivity contribution in [1.82, 2.24) is 0 Å². The Morgan fingerprint density at radius 1 is 0.556 bits per heavy atom. The second-order valence-corrected chi connectivity index (χ2v) is 16.0. The third kappa shape index (κ3) is 35.3. The molecule has 0 aromatic carbocycles. The Balaban J connectivity index is 4.25. The molecule has 8 nitrogen and oxygen atoms in total. The lowest BCUT2D eigenvalue weighted by Gasteiger charge is -2.31. The first-order valence-corrected chi connectivity index (χ1v) is 22.0. The maximum Gasteiger partial charge on any atom is 0.362 e. The number of hydrogen-bond acceptors (Lipinski definition) is 6. The van der Waals surface area contributed by atoms with Gasteiger partial charge in [-0.25, -0.2) is 4.79 Å². The molecule has 8 heteroatoms. The van der Waals surface area contributed by atoms with Gasteiger partial charge in [0.15, 0.2) is 12.1 Å². The number of carboxylic acid groups (broad SMARTS) is 1. The summed E-state index contributed by atoms with van der Waals surface area (Å²) in [6.45, 7) is 4.66. The van der Waals surface area contributed by atoms with E-state index in [0.29, 0.717) is 19.3 Å². The van der Waals surface area contributed by atoms with Gasteiger partial charge in [0.2, 0.25) is 0 Å². The van der Waals surface area contributed by atoms with Crippen LogP contribution in [0.1, 0.15) is 187 Å². The molecule has 54 heavy (non-hydrogen) atoms. The van der Waals surface area contributed by atoms with Crippen LogP contribution in [0.4, 0.5) is 0 Å². The van der Waals surface area contributed by atoms with Crippen LogP contribution >= 0.6 is 0 Å². The van der Waals surface area contributed by atoms with E-state index < -0.39 is 18.1 Å². The first-order chi connectivity index (χ1) is 26.1. The monoisotopic (exact) mass is 763 g/mol. The summed E-state index contributed by atoms with van der Waals surface area (Å²) in [4.78, 5) is 36.9. The number of esters is 2. The fraction of sp³-hybridized carbons (Fsp3) is 0.804. The van der Waals surface area contributed by atoms with Crippen molar-refractivity contribution in [3.05, 3.63) is 36.5 Å². The quantitative estimate of drug-likeness (QED) is 0.0219. The predicted octanol–water partition coefficient (Wildman–Crippen LogP) is 11.9. The average Bonchev–Trinajstić information content (AvgIpc) is 3.12. The van der Waals surface area contributed by atoms with Gasteiger partial charge < -0.3 is 23.8 Å². The van der Waals surface area contributed by atoms with Crippen molar-refractivity contribution < 1.29 is 38.2 Å². The zero-order valence-corrected chi connectivity index (χ0v) is 35.7. The van der Waals surface area contributed by atoms with Crippen molar-refractivity contribution in [2.45, 2.75) is 199 Å². The molecule has 314 valence electrons. The second-order valence-electron chi connectivity index (χ2n) is 16.0. The molecule has 0 fully saturated rings. The zero-order chi connectivity index (χ0) is 40.0. The van der Waals surface area contributed by atoms with Crippen LogP contribution in [-0.2, 0) is 28.6 Å². The topological polar surface area (TPSA) is 99.1 Å². The summed E-state index contributed by atoms with van der Waals surface area (Å²) in [6.07, 6.45) is 41.9. The number of unbranched alkanes of at least 4 members (excludes halogenated alkanes) is 20. The molecule has 0 spiro atoms. The van der Waals surface area contributed by atoms with Gasteiger partial charge in [0, 0.05) is 19.3 Å². The van der Waals surface area contributed by atoms with Crippen LogP contribution in [0.5, 0.6) is 0 Å². The number of hydrogen-bond donors (Lipinski definition) is 1. The highest BCUT2D eigenvalue weighted by atomic mass is 16.6. The largest absolute Gasteiger partial charge is 0.477 e. The summed E-state index contributed by atoms with van der Waals surface area (Å²) in [7, 11) is 5.52. The molecule has 0 aliphatic carbocycles. The van der Waals surface area contributed by atoms with Crippen molar-refractivity contribution in [1.29, 1.82) is 0 Å². The van der Waals surface area contributed by atoms with Gasteiger partial charge in [-0.15, -0.1) is 0 Å². The lowest BCUT2D eigenvalue weighted by molar-refractivity contribution is -0.887. The molecule has 0 amide bonds. The van der Waals surface area contributed by atoms with Crippen LogP contribution in [0.3, 0.4) is 0 Å². The molecule has 0 saturated carbocycles. The normalized spacial score (nSPS) is 13.3. The van der Waals surface area contributed by atoms with E-state index in [-0.39, 0.29) is 36.2 Å². The number of carbonyl (C=O) groups excluding carboxylic acids is 2. The van der Waals surface area contributed by atoms with Crippen LogP contribution < -0.4 is 0 Å². The second kappa shape index (κ2) is 37.5. The highest BCUT2D eigenvalue weighted by molar-refractivity contribution is 5.72. The molecule has 2 unspecified atom stereocenters. The van der Waals surface area contributed by atoms with Crippen molar-refractivity contribution in [2.24, 2.45) is 0 Å². The van der Waals surface area contributed by atoms with E-state index >= 15 is 0 Å². The van der Waals surface area contributed by atoms with Gasteiger partial charge in [0.05, 0.1) is 34.4 Å². The third-order valence-corrected chi connectivity index (χ3v) is 9.79. The summed E-state index contributed by atoms with van der Waals surface area (Å²) in [5.41, 5.74) is 0. The molecule has 0 bridgehead atoms. The van der Waals surface area contributed by atoms with E-state index in [1.165, 1.54) is 96.3 Å². The van der Waals surface area contributed by atoms with Crippen LogP contribution in [0.2, 0.25) is 0 Å². The highest BCUT2D eigenvalue weighted by Crippen LogP contribution is 2.14. The van der Waals surface area contributed by atoms with E-state index in [1.807, 2.05) is 21.1 Å². The van der Waals surface area contributed by atoms with Crippen LogP contribution in [0.15, 0.2) is 36.5 Å². The summed E-state index contributed by atoms with van der Waals surface area (Å²) < 4.78 is 17.2. The number of allylic oxidation sites excluding steroid dienone is 6. The number of nitrogens with zero attached hydrogens (tertiary/aromatic N) is 1. The van der Waals surface area contributed by atoms with Gasteiger partial charge in [-0.05, 0) is 57.8 Å². The fourth-order valence-electron chi connectivity index (χ4n) is 6.30. The Labute approximate surface area is 332 Å². The average molecular weight is 763 g/mol. The molecule has 0 aliphatic heterocycles. The minimum Gasteiger partial charge on any atom is -0.477 e. The summed E-state index contributed by atoms with van der Waals surface area (Å²) in [6, 6.07) is -0.615. The van der Waals surface area contributed by atoms with E-state index in [4.69, 9.17) is 14.2 Å². The molecule has 0 aromatic rings. The lowest BCUT2D eigenvalue weighted by Crippen LogP contribution is -2.50. The van der Waals surface area contributed by atoms with Crippen LogP contribution in [0.25, 0.3) is 0 Å². The van der Waals surface area contributed by atoms with Gasteiger partial charge in [-0.2, -0.15) is 0 Å². The molecular weight excluding hydrogens is 679 g/mol. The minimum absolute atomic E-state index is 0.0564. The van der Waals surface area contributed by atoms with E-state index in [2.05, 4.69) is 50.3 Å².